The van der Waals surface area contributed by atoms with Gasteiger partial charge in [-0.15, -0.1) is 0 Å². The van der Waals surface area contributed by atoms with E-state index in [9.17, 15) is 10.2 Å². The molecule has 0 radical (unpaired) electrons. The normalized spacial score (nSPS) is 32.9. The van der Waals surface area contributed by atoms with Crippen LogP contribution in [0.5, 0.6) is 0 Å². The maximum Gasteiger partial charge on any atom is 0.187 e. The van der Waals surface area contributed by atoms with E-state index in [4.69, 9.17) is 14.6 Å². The number of aliphatic hydroxyl groups is 3. The van der Waals surface area contributed by atoms with Crippen molar-refractivity contribution in [2.24, 2.45) is 0 Å². The minimum Gasteiger partial charge on any atom is -0.394 e. The Labute approximate surface area is 98.4 Å². The molecule has 6 heteroatoms. The Bertz CT molecular complexity index is 347. The molecule has 1 aromatic heterocycles. The van der Waals surface area contributed by atoms with Crippen molar-refractivity contribution in [3.8, 4) is 0 Å². The number of nitrogens with zero attached hydrogens (tertiary/aromatic N) is 1. The average Bonchev–Trinajstić information content (AvgIpc) is 2.65. The lowest BCUT2D eigenvalue weighted by Gasteiger charge is -2.15. The lowest BCUT2D eigenvalue weighted by atomic mass is 10.1. The largest absolute Gasteiger partial charge is 0.394 e. The summed E-state index contributed by atoms with van der Waals surface area (Å²) in [7, 11) is 0. The Morgan fingerprint density at radius 3 is 2.76 bits per heavy atom. The smallest absolute Gasteiger partial charge is 0.187 e. The maximum absolute atomic E-state index is 9.61. The van der Waals surface area contributed by atoms with Crippen molar-refractivity contribution in [3.05, 3.63) is 30.1 Å². The molecule has 6 nitrogen and oxygen atoms in total. The van der Waals surface area contributed by atoms with Crippen molar-refractivity contribution in [2.75, 3.05) is 6.61 Å². The predicted molar refractivity (Wildman–Crippen MR) is 56.8 cm³/mol. The highest BCUT2D eigenvalue weighted by Crippen LogP contribution is 2.22. The quantitative estimate of drug-likeness (QED) is 0.628. The van der Waals surface area contributed by atoms with Gasteiger partial charge in [-0.05, 0) is 11.6 Å². The second kappa shape index (κ2) is 5.52. The number of aromatic nitrogens is 1. The lowest BCUT2D eigenvalue weighted by molar-refractivity contribution is -0.175. The molecule has 1 saturated heterocycles. The molecule has 1 unspecified atom stereocenters. The molecule has 0 aromatic carbocycles. The fourth-order valence-corrected chi connectivity index (χ4v) is 1.66. The van der Waals surface area contributed by atoms with Crippen molar-refractivity contribution in [1.82, 2.24) is 4.98 Å². The van der Waals surface area contributed by atoms with E-state index in [0.29, 0.717) is 0 Å². The maximum atomic E-state index is 9.61. The van der Waals surface area contributed by atoms with E-state index in [1.54, 1.807) is 18.5 Å². The van der Waals surface area contributed by atoms with E-state index in [-0.39, 0.29) is 13.2 Å². The fraction of sp³-hybridized carbons (Fsp3) is 0.545. The van der Waals surface area contributed by atoms with Crippen molar-refractivity contribution in [1.29, 1.82) is 0 Å². The first-order valence-electron chi connectivity index (χ1n) is 5.35. The Morgan fingerprint density at radius 2 is 2.18 bits per heavy atom. The van der Waals surface area contributed by atoms with Crippen LogP contribution >= 0.6 is 0 Å². The van der Waals surface area contributed by atoms with Crippen molar-refractivity contribution in [3.63, 3.8) is 0 Å². The van der Waals surface area contributed by atoms with E-state index in [0.717, 1.165) is 5.56 Å². The second-order valence-electron chi connectivity index (χ2n) is 3.88. The monoisotopic (exact) mass is 241 g/mol. The van der Waals surface area contributed by atoms with Crippen LogP contribution in [0.25, 0.3) is 0 Å². The van der Waals surface area contributed by atoms with Crippen molar-refractivity contribution >= 4 is 0 Å². The minimum atomic E-state index is -1.15. The summed E-state index contributed by atoms with van der Waals surface area (Å²) >= 11 is 0. The van der Waals surface area contributed by atoms with Crippen LogP contribution in [0.1, 0.15) is 5.56 Å². The third-order valence-electron chi connectivity index (χ3n) is 2.64. The van der Waals surface area contributed by atoms with Gasteiger partial charge in [0.25, 0.3) is 0 Å². The summed E-state index contributed by atoms with van der Waals surface area (Å²) in [5.41, 5.74) is 0.838. The number of pyridine rings is 1. The zero-order chi connectivity index (χ0) is 12.3. The number of ether oxygens (including phenoxy) is 2. The first-order chi connectivity index (χ1) is 8.22. The molecular weight excluding hydrogens is 226 g/mol. The molecule has 4 atom stereocenters. The van der Waals surface area contributed by atoms with Gasteiger partial charge >= 0.3 is 0 Å². The SMILES string of the molecule is OC[C@H]1OC(OCc2cccnc2)[C@H](O)[C@@H]1O. The van der Waals surface area contributed by atoms with Crippen LogP contribution < -0.4 is 0 Å². The van der Waals surface area contributed by atoms with E-state index >= 15 is 0 Å². The van der Waals surface area contributed by atoms with Gasteiger partial charge in [0.15, 0.2) is 6.29 Å². The van der Waals surface area contributed by atoms with Crippen LogP contribution in [0.4, 0.5) is 0 Å². The predicted octanol–water partition coefficient (Wildman–Crippen LogP) is -0.963. The molecule has 94 valence electrons. The van der Waals surface area contributed by atoms with Crippen LogP contribution in [0.2, 0.25) is 0 Å². The molecule has 1 aliphatic heterocycles. The van der Waals surface area contributed by atoms with Crippen LogP contribution in [0.3, 0.4) is 0 Å². The average molecular weight is 241 g/mol. The molecule has 0 aliphatic carbocycles. The van der Waals surface area contributed by atoms with Gasteiger partial charge in [0.05, 0.1) is 13.2 Å². The van der Waals surface area contributed by atoms with Crippen LogP contribution in [0, 0.1) is 0 Å². The molecule has 2 rings (SSSR count). The van der Waals surface area contributed by atoms with Crippen molar-refractivity contribution < 1.29 is 24.8 Å². The highest BCUT2D eigenvalue weighted by Gasteiger charge is 2.42. The van der Waals surface area contributed by atoms with Gasteiger partial charge in [-0.2, -0.15) is 0 Å². The third-order valence-corrected chi connectivity index (χ3v) is 2.64. The van der Waals surface area contributed by atoms with Crippen LogP contribution in [-0.4, -0.2) is 51.5 Å². The molecule has 3 N–H and O–H groups in total. The van der Waals surface area contributed by atoms with Gasteiger partial charge < -0.3 is 24.8 Å². The van der Waals surface area contributed by atoms with Gasteiger partial charge in [-0.1, -0.05) is 6.07 Å². The molecular formula is C11H15NO5. The number of hydrogen-bond acceptors (Lipinski definition) is 6. The second-order valence-corrected chi connectivity index (χ2v) is 3.88. The summed E-state index contributed by atoms with van der Waals surface area (Å²) in [6.07, 6.45) is -0.717. The van der Waals surface area contributed by atoms with Gasteiger partial charge in [-0.3, -0.25) is 4.98 Å². The van der Waals surface area contributed by atoms with Crippen molar-refractivity contribution in [2.45, 2.75) is 31.2 Å². The van der Waals surface area contributed by atoms with E-state index in [1.165, 1.54) is 0 Å². The number of hydrogen-bond donors (Lipinski definition) is 3. The van der Waals surface area contributed by atoms with Gasteiger partial charge in [0, 0.05) is 12.4 Å². The van der Waals surface area contributed by atoms with Gasteiger partial charge in [-0.25, -0.2) is 0 Å². The van der Waals surface area contributed by atoms with Crippen LogP contribution in [0.15, 0.2) is 24.5 Å². The molecule has 0 saturated carbocycles. The number of rotatable bonds is 4. The highest BCUT2D eigenvalue weighted by molar-refractivity contribution is 5.06. The lowest BCUT2D eigenvalue weighted by Crippen LogP contribution is -2.34. The van der Waals surface area contributed by atoms with Crippen LogP contribution in [-0.2, 0) is 16.1 Å². The van der Waals surface area contributed by atoms with E-state index < -0.39 is 24.6 Å². The molecule has 17 heavy (non-hydrogen) atoms. The highest BCUT2D eigenvalue weighted by atomic mass is 16.7. The Balaban J connectivity index is 1.88. The summed E-state index contributed by atoms with van der Waals surface area (Å²) in [5, 5.41) is 28.0. The molecule has 0 bridgehead atoms. The first-order valence-corrected chi connectivity index (χ1v) is 5.35. The van der Waals surface area contributed by atoms with E-state index in [1.807, 2.05) is 6.07 Å². The molecule has 0 spiro atoms. The number of aliphatic hydroxyl groups excluding tert-OH is 3. The molecule has 0 amide bonds. The zero-order valence-corrected chi connectivity index (χ0v) is 9.14. The van der Waals surface area contributed by atoms with Gasteiger partial charge in [0.1, 0.15) is 18.3 Å². The Morgan fingerprint density at radius 1 is 1.35 bits per heavy atom. The standard InChI is InChI=1S/C11H15NO5/c13-5-8-9(14)10(15)11(17-8)16-6-7-2-1-3-12-4-7/h1-4,8-11,13-15H,5-6H2/t8-,9-,10-,11?/m1/s1. The molecule has 1 fully saturated rings. The third kappa shape index (κ3) is 2.80. The molecule has 1 aliphatic rings. The molecule has 1 aromatic rings. The summed E-state index contributed by atoms with van der Waals surface area (Å²) in [6, 6.07) is 3.60. The summed E-state index contributed by atoms with van der Waals surface area (Å²) in [6.45, 7) is -0.134. The fourth-order valence-electron chi connectivity index (χ4n) is 1.66. The minimum absolute atomic E-state index is 0.223. The summed E-state index contributed by atoms with van der Waals surface area (Å²) in [4.78, 5) is 3.92. The topological polar surface area (TPSA) is 92.0 Å². The Hall–Kier alpha value is -1.05. The Kier molecular flexibility index (Phi) is 4.03. The van der Waals surface area contributed by atoms with Gasteiger partial charge in [0.2, 0.25) is 0 Å². The summed E-state index contributed by atoms with van der Waals surface area (Å²) < 4.78 is 10.5. The summed E-state index contributed by atoms with van der Waals surface area (Å²) in [5.74, 6) is 0. The first kappa shape index (κ1) is 12.4. The zero-order valence-electron chi connectivity index (χ0n) is 9.14. The van der Waals surface area contributed by atoms with E-state index in [2.05, 4.69) is 4.98 Å². The molecule has 2 heterocycles.